The number of nitrogens with zero attached hydrogens (tertiary/aromatic N) is 2. The number of anilines is 1. The number of aromatic nitrogens is 1. The molecule has 1 rings (SSSR count). The minimum atomic E-state index is 0.217. The second-order valence-electron chi connectivity index (χ2n) is 3.33. The first-order chi connectivity index (χ1) is 7.33. The van der Waals surface area contributed by atoms with Crippen LogP contribution in [0.25, 0.3) is 0 Å². The van der Waals surface area contributed by atoms with Crippen LogP contribution in [0.15, 0.2) is 18.3 Å². The van der Waals surface area contributed by atoms with Crippen molar-refractivity contribution in [1.82, 2.24) is 4.98 Å². The molecule has 1 heterocycles. The van der Waals surface area contributed by atoms with Gasteiger partial charge in [0.2, 0.25) is 0 Å². The van der Waals surface area contributed by atoms with E-state index in [1.54, 1.807) is 6.20 Å². The van der Waals surface area contributed by atoms with E-state index in [4.69, 9.17) is 10.8 Å². The number of pyridine rings is 1. The maximum absolute atomic E-state index is 8.82. The summed E-state index contributed by atoms with van der Waals surface area (Å²) in [6.45, 7) is 4.50. The van der Waals surface area contributed by atoms with E-state index >= 15 is 0 Å². The van der Waals surface area contributed by atoms with E-state index in [2.05, 4.69) is 16.8 Å². The van der Waals surface area contributed by atoms with Crippen LogP contribution < -0.4 is 10.6 Å². The molecule has 0 aliphatic rings. The lowest BCUT2D eigenvalue weighted by Crippen LogP contribution is -2.26. The van der Waals surface area contributed by atoms with Gasteiger partial charge >= 0.3 is 0 Å². The molecule has 3 N–H and O–H groups in total. The molecule has 0 aromatic carbocycles. The van der Waals surface area contributed by atoms with E-state index < -0.39 is 0 Å². The molecule has 4 nitrogen and oxygen atoms in total. The highest BCUT2D eigenvalue weighted by atomic mass is 16.3. The lowest BCUT2D eigenvalue weighted by molar-refractivity contribution is 0.289. The minimum absolute atomic E-state index is 0.217. The third kappa shape index (κ3) is 3.18. The van der Waals surface area contributed by atoms with Gasteiger partial charge < -0.3 is 15.7 Å². The van der Waals surface area contributed by atoms with E-state index in [9.17, 15) is 0 Å². The predicted molar refractivity (Wildman–Crippen MR) is 61.7 cm³/mol. The highest BCUT2D eigenvalue weighted by molar-refractivity contribution is 5.50. The molecule has 0 bridgehead atoms. The van der Waals surface area contributed by atoms with E-state index in [1.807, 2.05) is 12.1 Å². The Morgan fingerprint density at radius 2 is 2.33 bits per heavy atom. The largest absolute Gasteiger partial charge is 0.396 e. The summed E-state index contributed by atoms with van der Waals surface area (Å²) in [5.41, 5.74) is 7.63. The highest BCUT2D eigenvalue weighted by Gasteiger charge is 2.08. The van der Waals surface area contributed by atoms with Crippen LogP contribution in [0, 0.1) is 0 Å². The molecule has 0 spiro atoms. The van der Waals surface area contributed by atoms with Crippen molar-refractivity contribution in [3.05, 3.63) is 24.0 Å². The van der Waals surface area contributed by atoms with Crippen molar-refractivity contribution in [2.75, 3.05) is 24.6 Å². The molecule has 0 saturated carbocycles. The summed E-state index contributed by atoms with van der Waals surface area (Å²) in [5, 5.41) is 8.82. The molecule has 84 valence electrons. The second-order valence-corrected chi connectivity index (χ2v) is 3.33. The molecular formula is C11H19N3O. The molecule has 15 heavy (non-hydrogen) atoms. The van der Waals surface area contributed by atoms with Crippen LogP contribution in [0.2, 0.25) is 0 Å². The van der Waals surface area contributed by atoms with Crippen LogP contribution in [0.5, 0.6) is 0 Å². The first kappa shape index (κ1) is 11.9. The SMILES string of the molecule is CCN(CCCO)c1cccnc1CN. The fourth-order valence-corrected chi connectivity index (χ4v) is 1.59. The van der Waals surface area contributed by atoms with Crippen LogP contribution in [0.1, 0.15) is 19.0 Å². The normalized spacial score (nSPS) is 10.3. The van der Waals surface area contributed by atoms with Gasteiger partial charge in [0, 0.05) is 32.4 Å². The van der Waals surface area contributed by atoms with Gasteiger partial charge in [-0.2, -0.15) is 0 Å². The number of aliphatic hydroxyl groups is 1. The van der Waals surface area contributed by atoms with E-state index in [0.29, 0.717) is 6.54 Å². The van der Waals surface area contributed by atoms with Crippen molar-refractivity contribution in [2.45, 2.75) is 19.9 Å². The second kappa shape index (κ2) is 6.37. The number of hydrogen-bond donors (Lipinski definition) is 2. The van der Waals surface area contributed by atoms with Crippen molar-refractivity contribution in [2.24, 2.45) is 5.73 Å². The molecule has 0 fully saturated rings. The Hall–Kier alpha value is -1.13. The Balaban J connectivity index is 2.80. The van der Waals surface area contributed by atoms with Crippen molar-refractivity contribution in [1.29, 1.82) is 0 Å². The molecule has 4 heteroatoms. The van der Waals surface area contributed by atoms with Gasteiger partial charge in [0.1, 0.15) is 0 Å². The first-order valence-corrected chi connectivity index (χ1v) is 5.33. The maximum Gasteiger partial charge on any atom is 0.0772 e. The van der Waals surface area contributed by atoms with Crippen molar-refractivity contribution in [3.8, 4) is 0 Å². The fraction of sp³-hybridized carbons (Fsp3) is 0.545. The molecule has 0 amide bonds. The van der Waals surface area contributed by atoms with Gasteiger partial charge in [0.25, 0.3) is 0 Å². The van der Waals surface area contributed by atoms with Crippen LogP contribution in [-0.2, 0) is 6.54 Å². The number of nitrogens with two attached hydrogens (primary N) is 1. The average molecular weight is 209 g/mol. The van der Waals surface area contributed by atoms with Gasteiger partial charge in [-0.3, -0.25) is 4.98 Å². The average Bonchev–Trinajstić information content (AvgIpc) is 2.30. The minimum Gasteiger partial charge on any atom is -0.396 e. The molecule has 0 saturated heterocycles. The van der Waals surface area contributed by atoms with Gasteiger partial charge in [-0.15, -0.1) is 0 Å². The van der Waals surface area contributed by atoms with Gasteiger partial charge in [0.05, 0.1) is 11.4 Å². The van der Waals surface area contributed by atoms with Gasteiger partial charge in [-0.1, -0.05) is 0 Å². The van der Waals surface area contributed by atoms with E-state index in [0.717, 1.165) is 30.9 Å². The summed E-state index contributed by atoms with van der Waals surface area (Å²) in [5.74, 6) is 0. The third-order valence-electron chi connectivity index (χ3n) is 2.37. The molecule has 1 aromatic rings. The predicted octanol–water partition coefficient (Wildman–Crippen LogP) is 0.749. The van der Waals surface area contributed by atoms with Crippen LogP contribution >= 0.6 is 0 Å². The smallest absolute Gasteiger partial charge is 0.0772 e. The lowest BCUT2D eigenvalue weighted by Gasteiger charge is -2.24. The number of rotatable bonds is 6. The zero-order valence-electron chi connectivity index (χ0n) is 9.19. The zero-order chi connectivity index (χ0) is 11.1. The highest BCUT2D eigenvalue weighted by Crippen LogP contribution is 2.17. The molecule has 0 radical (unpaired) electrons. The standard InChI is InChI=1S/C11H19N3O/c1-2-14(7-4-8-15)11-5-3-6-13-10(11)9-12/h3,5-6,15H,2,4,7-9,12H2,1H3. The van der Waals surface area contributed by atoms with Crippen LogP contribution in [-0.4, -0.2) is 29.8 Å². The molecule has 0 unspecified atom stereocenters. The quantitative estimate of drug-likeness (QED) is 0.725. The summed E-state index contributed by atoms with van der Waals surface area (Å²) in [6.07, 6.45) is 2.53. The van der Waals surface area contributed by atoms with E-state index in [1.165, 1.54) is 0 Å². The Kier molecular flexibility index (Phi) is 5.07. The monoisotopic (exact) mass is 209 g/mol. The molecule has 0 atom stereocenters. The molecular weight excluding hydrogens is 190 g/mol. The Labute approximate surface area is 90.7 Å². The number of hydrogen-bond acceptors (Lipinski definition) is 4. The Bertz CT molecular complexity index is 291. The molecule has 0 aliphatic heterocycles. The summed E-state index contributed by atoms with van der Waals surface area (Å²) < 4.78 is 0. The van der Waals surface area contributed by atoms with E-state index in [-0.39, 0.29) is 6.61 Å². The molecule has 1 aromatic heterocycles. The van der Waals surface area contributed by atoms with Crippen molar-refractivity contribution >= 4 is 5.69 Å². The third-order valence-corrected chi connectivity index (χ3v) is 2.37. The summed E-state index contributed by atoms with van der Waals surface area (Å²) >= 11 is 0. The summed E-state index contributed by atoms with van der Waals surface area (Å²) in [6, 6.07) is 3.94. The maximum atomic E-state index is 8.82. The first-order valence-electron chi connectivity index (χ1n) is 5.33. The summed E-state index contributed by atoms with van der Waals surface area (Å²) in [7, 11) is 0. The van der Waals surface area contributed by atoms with Crippen LogP contribution in [0.3, 0.4) is 0 Å². The number of aliphatic hydroxyl groups excluding tert-OH is 1. The fourth-order valence-electron chi connectivity index (χ4n) is 1.59. The Morgan fingerprint density at radius 1 is 1.53 bits per heavy atom. The lowest BCUT2D eigenvalue weighted by atomic mass is 10.2. The topological polar surface area (TPSA) is 62.4 Å². The van der Waals surface area contributed by atoms with Gasteiger partial charge in [-0.05, 0) is 25.5 Å². The zero-order valence-corrected chi connectivity index (χ0v) is 9.19. The van der Waals surface area contributed by atoms with Gasteiger partial charge in [-0.25, -0.2) is 0 Å². The van der Waals surface area contributed by atoms with Crippen LogP contribution in [0.4, 0.5) is 5.69 Å². The van der Waals surface area contributed by atoms with Crippen molar-refractivity contribution < 1.29 is 5.11 Å². The summed E-state index contributed by atoms with van der Waals surface area (Å²) in [4.78, 5) is 6.43. The molecule has 0 aliphatic carbocycles. The van der Waals surface area contributed by atoms with Crippen molar-refractivity contribution in [3.63, 3.8) is 0 Å². The van der Waals surface area contributed by atoms with Gasteiger partial charge in [0.15, 0.2) is 0 Å². The Morgan fingerprint density at radius 3 is 2.93 bits per heavy atom.